The number of carbonyl (C=O) groups is 4. The van der Waals surface area contributed by atoms with Crippen LogP contribution in [0.15, 0.2) is 61.4 Å². The molecule has 2 aromatic heterocycles. The second kappa shape index (κ2) is 15.4. The molecule has 8 rings (SSSR count). The summed E-state index contributed by atoms with van der Waals surface area (Å²) in [4.78, 5) is 68.0. The van der Waals surface area contributed by atoms with Crippen molar-refractivity contribution < 1.29 is 37.1 Å². The van der Waals surface area contributed by atoms with Gasteiger partial charge in [-0.2, -0.15) is 0 Å². The first kappa shape index (κ1) is 41.1. The molecule has 1 unspecified atom stereocenters. The standard InChI is InChI=1S/C46H56N4O8S/c1-6-30-24-46(30,43(54)49-59(55,56)45(5)18-19-45)25-37(51)36-22-31-27-50(36)42(53)34(44(2,3)4)23-39(52)58-38-21-28(38)13-8-7-9-16-33-40(29-14-12-20-47-26-29)32-15-10-11-17-35(32)48-41(33)57-31/h6,10-12,14-15,17,20,26,28,30-31,34,36,38H,1,7-9,13,16,18-19,21-25,27H2,2-5H3,(H,49,54)/t28-,30-,31-,34-,36+,38-,46?/m1/s1. The van der Waals surface area contributed by atoms with Crippen molar-refractivity contribution in [3.63, 3.8) is 0 Å². The van der Waals surface area contributed by atoms with E-state index in [1.54, 1.807) is 19.2 Å². The molecule has 5 aliphatic rings. The Bertz CT molecular complexity index is 2290. The maximum Gasteiger partial charge on any atom is 0.306 e. The number of amides is 2. The Morgan fingerprint density at radius 3 is 2.53 bits per heavy atom. The van der Waals surface area contributed by atoms with E-state index in [-0.39, 0.29) is 50.0 Å². The molecule has 314 valence electrons. The van der Waals surface area contributed by atoms with Gasteiger partial charge in [0.05, 0.1) is 40.6 Å². The van der Waals surface area contributed by atoms with Crippen LogP contribution in [0.2, 0.25) is 0 Å². The molecule has 1 aromatic carbocycles. The molecule has 3 aromatic rings. The molecule has 2 bridgehead atoms. The Labute approximate surface area is 347 Å². The molecule has 0 radical (unpaired) electrons. The van der Waals surface area contributed by atoms with Gasteiger partial charge in [0, 0.05) is 47.3 Å². The van der Waals surface area contributed by atoms with Crippen LogP contribution < -0.4 is 9.46 Å². The maximum atomic E-state index is 14.9. The Kier molecular flexibility index (Phi) is 10.7. The van der Waals surface area contributed by atoms with E-state index in [2.05, 4.69) is 22.4 Å². The molecule has 3 aliphatic carbocycles. The molecule has 59 heavy (non-hydrogen) atoms. The van der Waals surface area contributed by atoms with Crippen LogP contribution in [0.25, 0.3) is 22.0 Å². The predicted molar refractivity (Wildman–Crippen MR) is 222 cm³/mol. The lowest BCUT2D eigenvalue weighted by molar-refractivity contribution is -0.154. The van der Waals surface area contributed by atoms with Gasteiger partial charge in [-0.3, -0.25) is 28.9 Å². The van der Waals surface area contributed by atoms with Gasteiger partial charge in [0.1, 0.15) is 12.2 Å². The number of fused-ring (bicyclic) bond motifs is 5. The van der Waals surface area contributed by atoms with Crippen molar-refractivity contribution >= 4 is 44.5 Å². The van der Waals surface area contributed by atoms with Gasteiger partial charge >= 0.3 is 5.97 Å². The molecule has 1 saturated heterocycles. The highest BCUT2D eigenvalue weighted by Crippen LogP contribution is 2.57. The summed E-state index contributed by atoms with van der Waals surface area (Å²) in [5, 5.41) is 0.972. The van der Waals surface area contributed by atoms with Crippen molar-refractivity contribution in [3.8, 4) is 17.0 Å². The maximum absolute atomic E-state index is 14.9. The highest BCUT2D eigenvalue weighted by molar-refractivity contribution is 7.91. The number of hydrogen-bond acceptors (Lipinski definition) is 10. The second-order valence-corrected chi connectivity index (χ2v) is 21.2. The molecule has 4 heterocycles. The van der Waals surface area contributed by atoms with Gasteiger partial charge in [0.25, 0.3) is 0 Å². The Morgan fingerprint density at radius 1 is 1.05 bits per heavy atom. The number of sulfonamides is 1. The zero-order valence-corrected chi connectivity index (χ0v) is 35.4. The SMILES string of the molecule is C=C[C@@H]1CC1(CC(=O)[C@@H]1C[C@@H]2CN1C(=O)[C@H](C(C)(C)C)CC(=O)O[C@@H]1C[C@H]1CCCCCc1c(nc3ccccc3c1-c1cccnc1)O2)C(=O)NS(=O)(=O)C1(C)CC1. The van der Waals surface area contributed by atoms with E-state index < -0.39 is 61.5 Å². The molecular formula is C46H56N4O8S. The number of pyridine rings is 2. The first-order valence-corrected chi connectivity index (χ1v) is 22.7. The number of benzene rings is 1. The molecular weight excluding hydrogens is 769 g/mol. The Morgan fingerprint density at radius 2 is 1.83 bits per heavy atom. The molecule has 3 saturated carbocycles. The number of carbonyl (C=O) groups excluding carboxylic acids is 4. The number of rotatable bonds is 8. The number of nitrogens with zero attached hydrogens (tertiary/aromatic N) is 3. The first-order valence-electron chi connectivity index (χ1n) is 21.2. The fourth-order valence-electron chi connectivity index (χ4n) is 9.30. The smallest absolute Gasteiger partial charge is 0.306 e. The monoisotopic (exact) mass is 824 g/mol. The number of ether oxygens (including phenoxy) is 2. The minimum absolute atomic E-state index is 0.0502. The van der Waals surface area contributed by atoms with Crippen molar-refractivity contribution in [2.45, 2.75) is 128 Å². The first-order chi connectivity index (χ1) is 28.0. The van der Waals surface area contributed by atoms with E-state index in [0.29, 0.717) is 31.1 Å². The van der Waals surface area contributed by atoms with Crippen molar-refractivity contribution in [2.75, 3.05) is 6.54 Å². The molecule has 0 spiro atoms. The topological polar surface area (TPSA) is 162 Å². The predicted octanol–water partition coefficient (Wildman–Crippen LogP) is 6.90. The molecule has 2 aliphatic heterocycles. The Balaban J connectivity index is 1.17. The number of allylic oxidation sites excluding steroid dienone is 1. The van der Waals surface area contributed by atoms with Crippen LogP contribution >= 0.6 is 0 Å². The van der Waals surface area contributed by atoms with Gasteiger partial charge in [-0.1, -0.05) is 64.0 Å². The number of aromatic nitrogens is 2. The summed E-state index contributed by atoms with van der Waals surface area (Å²) in [6.45, 7) is 11.2. The zero-order chi connectivity index (χ0) is 41.9. The van der Waals surface area contributed by atoms with Gasteiger partial charge < -0.3 is 14.4 Å². The van der Waals surface area contributed by atoms with Gasteiger partial charge in [0.15, 0.2) is 5.78 Å². The number of nitrogens with one attached hydrogen (secondary N) is 1. The molecule has 1 N–H and O–H groups in total. The van der Waals surface area contributed by atoms with Gasteiger partial charge in [-0.25, -0.2) is 13.4 Å². The highest BCUT2D eigenvalue weighted by atomic mass is 32.2. The fourth-order valence-corrected chi connectivity index (χ4v) is 10.6. The van der Waals surface area contributed by atoms with Gasteiger partial charge in [0.2, 0.25) is 27.7 Å². The number of esters is 1. The summed E-state index contributed by atoms with van der Waals surface area (Å²) in [5.41, 5.74) is 1.62. The third-order valence-electron chi connectivity index (χ3n) is 13.6. The van der Waals surface area contributed by atoms with Crippen molar-refractivity contribution in [2.24, 2.45) is 28.6 Å². The number of para-hydroxylation sites is 1. The number of Topliss-reactive ketones (excluding diaryl/α,β-unsaturated/α-hetero) is 1. The lowest BCUT2D eigenvalue weighted by atomic mass is 9.77. The third-order valence-corrected chi connectivity index (χ3v) is 15.8. The van der Waals surface area contributed by atoms with E-state index in [1.807, 2.05) is 57.3 Å². The molecule has 12 nitrogen and oxygen atoms in total. The fraction of sp³-hybridized carbons (Fsp3) is 0.565. The lowest BCUT2D eigenvalue weighted by Crippen LogP contribution is -2.49. The van der Waals surface area contributed by atoms with Crippen LogP contribution in [0.4, 0.5) is 0 Å². The summed E-state index contributed by atoms with van der Waals surface area (Å²) in [6, 6.07) is 10.9. The van der Waals surface area contributed by atoms with E-state index in [9.17, 15) is 27.6 Å². The highest BCUT2D eigenvalue weighted by Gasteiger charge is 2.62. The van der Waals surface area contributed by atoms with Crippen LogP contribution in [-0.2, 0) is 40.4 Å². The average molecular weight is 825 g/mol. The lowest BCUT2D eigenvalue weighted by Gasteiger charge is -2.34. The molecule has 4 fully saturated rings. The van der Waals surface area contributed by atoms with E-state index in [1.165, 1.54) is 4.90 Å². The summed E-state index contributed by atoms with van der Waals surface area (Å²) >= 11 is 0. The number of hydrogen-bond donors (Lipinski definition) is 1. The van der Waals surface area contributed by atoms with Crippen LogP contribution in [-0.4, -0.2) is 76.4 Å². The molecule has 2 amide bonds. The van der Waals surface area contributed by atoms with Gasteiger partial charge in [-0.15, -0.1) is 6.58 Å². The van der Waals surface area contributed by atoms with Crippen molar-refractivity contribution in [1.29, 1.82) is 0 Å². The third kappa shape index (κ3) is 8.15. The van der Waals surface area contributed by atoms with Crippen LogP contribution in [0.5, 0.6) is 5.88 Å². The second-order valence-electron chi connectivity index (χ2n) is 19.0. The summed E-state index contributed by atoms with van der Waals surface area (Å²) < 4.78 is 40.5. The minimum atomic E-state index is -3.96. The summed E-state index contributed by atoms with van der Waals surface area (Å²) in [5.74, 6) is -2.37. The number of ketones is 1. The Hall–Kier alpha value is -4.65. The van der Waals surface area contributed by atoms with Crippen LogP contribution in [0.1, 0.15) is 104 Å². The zero-order valence-electron chi connectivity index (χ0n) is 34.6. The van der Waals surface area contributed by atoms with E-state index in [0.717, 1.165) is 59.7 Å². The molecule has 13 heteroatoms. The van der Waals surface area contributed by atoms with Crippen molar-refractivity contribution in [1.82, 2.24) is 19.6 Å². The largest absolute Gasteiger partial charge is 0.472 e. The average Bonchev–Trinajstić information content (AvgIpc) is 4.15. The quantitative estimate of drug-likeness (QED) is 0.187. The van der Waals surface area contributed by atoms with Crippen LogP contribution in [0.3, 0.4) is 0 Å². The summed E-state index contributed by atoms with van der Waals surface area (Å²) in [7, 11) is -3.96. The van der Waals surface area contributed by atoms with Crippen molar-refractivity contribution in [3.05, 3.63) is 67.0 Å². The van der Waals surface area contributed by atoms with Gasteiger partial charge in [-0.05, 0) is 81.3 Å². The minimum Gasteiger partial charge on any atom is -0.472 e. The molecule has 7 atom stereocenters. The van der Waals surface area contributed by atoms with Crippen LogP contribution in [0, 0.1) is 28.6 Å². The van der Waals surface area contributed by atoms with E-state index >= 15 is 0 Å². The van der Waals surface area contributed by atoms with E-state index in [4.69, 9.17) is 14.5 Å². The summed E-state index contributed by atoms with van der Waals surface area (Å²) in [6.07, 6.45) is 10.5. The normalized spacial score (nSPS) is 29.5.